The van der Waals surface area contributed by atoms with E-state index in [0.29, 0.717) is 28.9 Å². The molecule has 0 amide bonds. The highest BCUT2D eigenvalue weighted by atomic mass is 16.5. The molecule has 8 nitrogen and oxygen atoms in total. The van der Waals surface area contributed by atoms with E-state index in [9.17, 15) is 0 Å². The first-order valence-electron chi connectivity index (χ1n) is 8.92. The minimum Gasteiger partial charge on any atom is -0.493 e. The van der Waals surface area contributed by atoms with E-state index in [-0.39, 0.29) is 6.61 Å². The van der Waals surface area contributed by atoms with Gasteiger partial charge in [0.15, 0.2) is 17.3 Å². The van der Waals surface area contributed by atoms with Gasteiger partial charge in [-0.05, 0) is 30.3 Å². The van der Waals surface area contributed by atoms with Crippen molar-refractivity contribution in [3.8, 4) is 34.3 Å². The van der Waals surface area contributed by atoms with Crippen molar-refractivity contribution in [3.05, 3.63) is 60.6 Å². The number of ether oxygens (including phenoxy) is 4. The lowest BCUT2D eigenvalue weighted by molar-refractivity contribution is 0.296. The van der Waals surface area contributed by atoms with Crippen LogP contribution in [0.15, 0.2) is 54.7 Å². The Morgan fingerprint density at radius 3 is 2.28 bits per heavy atom. The van der Waals surface area contributed by atoms with Gasteiger partial charge in [-0.15, -0.1) is 5.10 Å². The number of para-hydroxylation sites is 1. The first-order chi connectivity index (χ1) is 14.2. The van der Waals surface area contributed by atoms with E-state index in [2.05, 4.69) is 15.1 Å². The molecule has 8 heteroatoms. The van der Waals surface area contributed by atoms with Gasteiger partial charge in [0.2, 0.25) is 5.75 Å². The Kier molecular flexibility index (Phi) is 5.15. The Morgan fingerprint density at radius 1 is 0.897 bits per heavy atom. The molecule has 2 aromatic heterocycles. The molecule has 29 heavy (non-hydrogen) atoms. The van der Waals surface area contributed by atoms with Gasteiger partial charge in [0.05, 0.1) is 27.0 Å². The van der Waals surface area contributed by atoms with Crippen LogP contribution in [0.2, 0.25) is 0 Å². The van der Waals surface area contributed by atoms with Gasteiger partial charge in [-0.1, -0.05) is 18.2 Å². The first-order valence-corrected chi connectivity index (χ1v) is 8.92. The zero-order chi connectivity index (χ0) is 20.2. The van der Waals surface area contributed by atoms with Crippen LogP contribution in [0.4, 0.5) is 0 Å². The summed E-state index contributed by atoms with van der Waals surface area (Å²) >= 11 is 0. The lowest BCUT2D eigenvalue weighted by atomic mass is 10.1. The lowest BCUT2D eigenvalue weighted by Crippen LogP contribution is -2.00. The molecule has 0 bridgehead atoms. The second kappa shape index (κ2) is 8.05. The number of aromatic nitrogens is 4. The van der Waals surface area contributed by atoms with E-state index in [0.717, 1.165) is 17.0 Å². The van der Waals surface area contributed by atoms with Crippen molar-refractivity contribution < 1.29 is 18.9 Å². The Hall–Kier alpha value is -3.81. The van der Waals surface area contributed by atoms with Crippen LogP contribution in [-0.4, -0.2) is 40.9 Å². The average Bonchev–Trinajstić information content (AvgIpc) is 3.20. The van der Waals surface area contributed by atoms with Crippen LogP contribution in [0, 0.1) is 0 Å². The third-order valence-corrected chi connectivity index (χ3v) is 4.36. The van der Waals surface area contributed by atoms with Crippen molar-refractivity contribution in [3.63, 3.8) is 0 Å². The van der Waals surface area contributed by atoms with E-state index in [1.165, 1.54) is 0 Å². The van der Waals surface area contributed by atoms with Crippen molar-refractivity contribution in [1.82, 2.24) is 19.6 Å². The predicted molar refractivity (Wildman–Crippen MR) is 107 cm³/mol. The molecule has 0 fully saturated rings. The molecule has 4 rings (SSSR count). The monoisotopic (exact) mass is 392 g/mol. The summed E-state index contributed by atoms with van der Waals surface area (Å²) in [5, 5.41) is 4.56. The van der Waals surface area contributed by atoms with Crippen LogP contribution in [-0.2, 0) is 6.61 Å². The number of benzene rings is 2. The van der Waals surface area contributed by atoms with Gasteiger partial charge in [0.1, 0.15) is 12.4 Å². The molecule has 148 valence electrons. The molecule has 0 aliphatic rings. The standard InChI is InChI=1S/C21H20N4O4/c1-26-17-11-14(12-18(27-2)20(17)28-3)16-9-10-22-21-23-19(24-25(16)21)13-29-15-7-5-4-6-8-15/h4-12H,13H2,1-3H3. The van der Waals surface area contributed by atoms with Gasteiger partial charge in [-0.25, -0.2) is 4.98 Å². The fourth-order valence-electron chi connectivity index (χ4n) is 3.01. The van der Waals surface area contributed by atoms with Crippen LogP contribution in [0.3, 0.4) is 0 Å². The normalized spacial score (nSPS) is 10.7. The highest BCUT2D eigenvalue weighted by molar-refractivity contribution is 5.69. The molecule has 0 N–H and O–H groups in total. The first kappa shape index (κ1) is 18.5. The molecule has 4 aromatic rings. The lowest BCUT2D eigenvalue weighted by Gasteiger charge is -2.14. The number of methoxy groups -OCH3 is 3. The SMILES string of the molecule is COc1cc(-c2ccnc3nc(COc4ccccc4)nn23)cc(OC)c1OC. The summed E-state index contributed by atoms with van der Waals surface area (Å²) in [6, 6.07) is 15.1. The minimum absolute atomic E-state index is 0.238. The Labute approximate surface area is 167 Å². The number of hydrogen-bond acceptors (Lipinski definition) is 7. The topological polar surface area (TPSA) is 80.0 Å². The Morgan fingerprint density at radius 2 is 1.62 bits per heavy atom. The van der Waals surface area contributed by atoms with E-state index < -0.39 is 0 Å². The molecule has 0 unspecified atom stereocenters. The Bertz CT molecular complexity index is 1100. The van der Waals surface area contributed by atoms with Crippen molar-refractivity contribution in [1.29, 1.82) is 0 Å². The van der Waals surface area contributed by atoms with Crippen LogP contribution in [0.5, 0.6) is 23.0 Å². The third-order valence-electron chi connectivity index (χ3n) is 4.36. The van der Waals surface area contributed by atoms with Gasteiger partial charge in [-0.2, -0.15) is 9.50 Å². The smallest absolute Gasteiger partial charge is 0.253 e. The molecule has 0 spiro atoms. The zero-order valence-electron chi connectivity index (χ0n) is 16.3. The summed E-state index contributed by atoms with van der Waals surface area (Å²) in [6.07, 6.45) is 1.68. The number of hydrogen-bond donors (Lipinski definition) is 0. The zero-order valence-corrected chi connectivity index (χ0v) is 16.3. The summed E-state index contributed by atoms with van der Waals surface area (Å²) in [7, 11) is 4.73. The number of fused-ring (bicyclic) bond motifs is 1. The van der Waals surface area contributed by atoms with E-state index >= 15 is 0 Å². The quantitative estimate of drug-likeness (QED) is 0.477. The second-order valence-electron chi connectivity index (χ2n) is 6.09. The summed E-state index contributed by atoms with van der Waals surface area (Å²) in [6.45, 7) is 0.238. The molecule has 0 aliphatic heterocycles. The molecular formula is C21H20N4O4. The maximum Gasteiger partial charge on any atom is 0.253 e. The summed E-state index contributed by atoms with van der Waals surface area (Å²) in [5.41, 5.74) is 1.61. The van der Waals surface area contributed by atoms with Crippen molar-refractivity contribution in [2.45, 2.75) is 6.61 Å². The van der Waals surface area contributed by atoms with E-state index in [1.807, 2.05) is 48.5 Å². The summed E-state index contributed by atoms with van der Waals surface area (Å²) in [4.78, 5) is 8.77. The molecule has 2 aromatic carbocycles. The van der Waals surface area contributed by atoms with Crippen molar-refractivity contribution in [2.24, 2.45) is 0 Å². The maximum atomic E-state index is 5.75. The predicted octanol–water partition coefficient (Wildman–Crippen LogP) is 3.40. The fourth-order valence-corrected chi connectivity index (χ4v) is 3.01. The van der Waals surface area contributed by atoms with Crippen LogP contribution in [0.1, 0.15) is 5.82 Å². The van der Waals surface area contributed by atoms with Crippen molar-refractivity contribution >= 4 is 5.78 Å². The molecule has 0 saturated heterocycles. The van der Waals surface area contributed by atoms with E-state index in [1.54, 1.807) is 32.0 Å². The van der Waals surface area contributed by atoms with Gasteiger partial charge in [-0.3, -0.25) is 0 Å². The minimum atomic E-state index is 0.238. The molecule has 0 saturated carbocycles. The second-order valence-corrected chi connectivity index (χ2v) is 6.09. The van der Waals surface area contributed by atoms with Gasteiger partial charge in [0.25, 0.3) is 5.78 Å². The van der Waals surface area contributed by atoms with Gasteiger partial charge >= 0.3 is 0 Å². The van der Waals surface area contributed by atoms with Gasteiger partial charge in [0, 0.05) is 11.8 Å². The fraction of sp³-hybridized carbons (Fsp3) is 0.190. The summed E-state index contributed by atoms with van der Waals surface area (Å²) in [5.74, 6) is 3.40. The van der Waals surface area contributed by atoms with Crippen molar-refractivity contribution in [2.75, 3.05) is 21.3 Å². The molecule has 0 aliphatic carbocycles. The maximum absolute atomic E-state index is 5.75. The number of rotatable bonds is 7. The molecular weight excluding hydrogens is 372 g/mol. The number of nitrogens with zero attached hydrogens (tertiary/aromatic N) is 4. The average molecular weight is 392 g/mol. The van der Waals surface area contributed by atoms with Crippen LogP contribution >= 0.6 is 0 Å². The van der Waals surface area contributed by atoms with Crippen LogP contribution in [0.25, 0.3) is 17.0 Å². The summed E-state index contributed by atoms with van der Waals surface area (Å²) < 4.78 is 23.7. The van der Waals surface area contributed by atoms with E-state index in [4.69, 9.17) is 18.9 Å². The largest absolute Gasteiger partial charge is 0.493 e. The highest BCUT2D eigenvalue weighted by Crippen LogP contribution is 2.41. The highest BCUT2D eigenvalue weighted by Gasteiger charge is 2.17. The van der Waals surface area contributed by atoms with Crippen LogP contribution < -0.4 is 18.9 Å². The molecule has 2 heterocycles. The third kappa shape index (κ3) is 3.64. The molecule has 0 radical (unpaired) electrons. The Balaban J connectivity index is 1.72. The van der Waals surface area contributed by atoms with Gasteiger partial charge < -0.3 is 18.9 Å². The molecule has 0 atom stereocenters.